The number of hydrogen-bond acceptors (Lipinski definition) is 3. The highest BCUT2D eigenvalue weighted by molar-refractivity contribution is 9.10. The summed E-state index contributed by atoms with van der Waals surface area (Å²) in [6, 6.07) is 4.45. The molecule has 1 atom stereocenters. The summed E-state index contributed by atoms with van der Waals surface area (Å²) in [5, 5.41) is 5.92. The van der Waals surface area contributed by atoms with Gasteiger partial charge in [-0.25, -0.2) is 9.07 Å². The number of halogens is 4. The van der Waals surface area contributed by atoms with E-state index in [0.717, 1.165) is 30.8 Å². The smallest absolute Gasteiger partial charge is 0.387 e. The van der Waals surface area contributed by atoms with Crippen LogP contribution in [-0.4, -0.2) is 23.0 Å². The van der Waals surface area contributed by atoms with E-state index in [9.17, 15) is 13.2 Å². The van der Waals surface area contributed by atoms with Gasteiger partial charge in [-0.3, -0.25) is 0 Å². The first-order valence-electron chi connectivity index (χ1n) is 7.90. The van der Waals surface area contributed by atoms with Gasteiger partial charge in [0.25, 0.3) is 0 Å². The lowest BCUT2D eigenvalue weighted by molar-refractivity contribution is -0.0510. The van der Waals surface area contributed by atoms with Gasteiger partial charge in [0, 0.05) is 21.9 Å². The molecule has 0 bridgehead atoms. The predicted molar refractivity (Wildman–Crippen MR) is 90.4 cm³/mol. The van der Waals surface area contributed by atoms with E-state index >= 15 is 0 Å². The fraction of sp³-hybridized carbons (Fsp3) is 0.353. The maximum absolute atomic E-state index is 14.0. The number of alkyl halides is 2. The number of hydrogen-bond donors (Lipinski definition) is 0. The molecule has 132 valence electrons. The molecule has 1 fully saturated rings. The third-order valence-corrected chi connectivity index (χ3v) is 5.18. The van der Waals surface area contributed by atoms with Crippen LogP contribution in [-0.2, 0) is 4.74 Å². The first-order chi connectivity index (χ1) is 12.1. The molecule has 2 heterocycles. The third-order valence-electron chi connectivity index (χ3n) is 4.36. The molecule has 2 aromatic carbocycles. The molecular weight excluding hydrogens is 401 g/mol. The Hall–Kier alpha value is -1.80. The Balaban J connectivity index is 1.94. The van der Waals surface area contributed by atoms with Gasteiger partial charge in [-0.05, 0) is 52.7 Å². The molecule has 0 radical (unpaired) electrons. The van der Waals surface area contributed by atoms with Crippen molar-refractivity contribution in [3.8, 4) is 5.75 Å². The maximum atomic E-state index is 14.0. The molecule has 0 N–H and O–H groups in total. The molecule has 3 aromatic rings. The zero-order chi connectivity index (χ0) is 17.6. The molecule has 4 nitrogen and oxygen atoms in total. The van der Waals surface area contributed by atoms with Gasteiger partial charge in [0.05, 0.1) is 11.7 Å². The third kappa shape index (κ3) is 2.87. The van der Waals surface area contributed by atoms with Crippen LogP contribution in [0.3, 0.4) is 0 Å². The zero-order valence-electron chi connectivity index (χ0n) is 13.0. The summed E-state index contributed by atoms with van der Waals surface area (Å²) in [7, 11) is 0. The number of benzene rings is 2. The molecular formula is C17H14BrF3N2O2. The minimum Gasteiger partial charge on any atom is -0.431 e. The summed E-state index contributed by atoms with van der Waals surface area (Å²) in [4.78, 5) is 0. The lowest BCUT2D eigenvalue weighted by atomic mass is 10.1. The molecule has 0 spiro atoms. The van der Waals surface area contributed by atoms with Crippen LogP contribution in [0, 0.1) is 5.82 Å². The molecule has 1 aliphatic rings. The Labute approximate surface area is 149 Å². The molecule has 0 amide bonds. The van der Waals surface area contributed by atoms with Crippen molar-refractivity contribution >= 4 is 37.6 Å². The summed E-state index contributed by atoms with van der Waals surface area (Å²) in [5.41, 5.74) is 0.792. The minimum absolute atomic E-state index is 0.159. The molecule has 8 heteroatoms. The number of ether oxygens (including phenoxy) is 2. The lowest BCUT2D eigenvalue weighted by Crippen LogP contribution is -2.18. The van der Waals surface area contributed by atoms with E-state index in [4.69, 9.17) is 4.74 Å². The monoisotopic (exact) mass is 414 g/mol. The van der Waals surface area contributed by atoms with Crippen LogP contribution < -0.4 is 4.74 Å². The van der Waals surface area contributed by atoms with Crippen LogP contribution >= 0.6 is 15.9 Å². The number of aromatic nitrogens is 2. The second kappa shape index (κ2) is 6.49. The molecule has 1 aliphatic heterocycles. The van der Waals surface area contributed by atoms with Crippen LogP contribution in [0.4, 0.5) is 13.2 Å². The van der Waals surface area contributed by atoms with Gasteiger partial charge in [0.1, 0.15) is 0 Å². The largest absolute Gasteiger partial charge is 0.431 e. The fourth-order valence-corrected chi connectivity index (χ4v) is 3.95. The molecule has 0 saturated carbocycles. The predicted octanol–water partition coefficient (Wildman–Crippen LogP) is 5.39. The van der Waals surface area contributed by atoms with E-state index in [0.29, 0.717) is 21.9 Å². The van der Waals surface area contributed by atoms with Crippen molar-refractivity contribution < 1.29 is 22.6 Å². The molecule has 4 rings (SSSR count). The van der Waals surface area contributed by atoms with Crippen LogP contribution in [0.25, 0.3) is 21.7 Å². The number of fused-ring (bicyclic) bond motifs is 2. The molecule has 1 unspecified atom stereocenters. The van der Waals surface area contributed by atoms with Crippen molar-refractivity contribution in [3.63, 3.8) is 0 Å². The van der Waals surface area contributed by atoms with Crippen LogP contribution in [0.5, 0.6) is 5.75 Å². The Morgan fingerprint density at radius 2 is 2.16 bits per heavy atom. The van der Waals surface area contributed by atoms with Crippen molar-refractivity contribution in [1.82, 2.24) is 9.78 Å². The summed E-state index contributed by atoms with van der Waals surface area (Å²) in [6.45, 7) is -2.43. The first-order valence-corrected chi connectivity index (χ1v) is 8.70. The zero-order valence-corrected chi connectivity index (χ0v) is 14.6. The summed E-state index contributed by atoms with van der Waals surface area (Å²) >= 11 is 3.41. The summed E-state index contributed by atoms with van der Waals surface area (Å²) in [6.07, 6.45) is 4.39. The SMILES string of the molecule is Fc1ccc2cc3c(cnn3C3CCCCO3)c(Br)c2c1OC(F)F. The highest BCUT2D eigenvalue weighted by Gasteiger charge is 2.23. The van der Waals surface area contributed by atoms with Gasteiger partial charge >= 0.3 is 6.61 Å². The van der Waals surface area contributed by atoms with Gasteiger partial charge < -0.3 is 9.47 Å². The Morgan fingerprint density at radius 3 is 2.88 bits per heavy atom. The Bertz CT molecular complexity index is 939. The maximum Gasteiger partial charge on any atom is 0.387 e. The highest BCUT2D eigenvalue weighted by Crippen LogP contribution is 2.41. The highest BCUT2D eigenvalue weighted by atomic mass is 79.9. The van der Waals surface area contributed by atoms with E-state index in [1.807, 2.05) is 0 Å². The quantitative estimate of drug-likeness (QED) is 0.576. The van der Waals surface area contributed by atoms with Gasteiger partial charge in [0.15, 0.2) is 17.8 Å². The van der Waals surface area contributed by atoms with Crippen molar-refractivity contribution in [3.05, 3.63) is 34.7 Å². The van der Waals surface area contributed by atoms with Crippen LogP contribution in [0.1, 0.15) is 25.5 Å². The van der Waals surface area contributed by atoms with Crippen molar-refractivity contribution in [2.75, 3.05) is 6.61 Å². The van der Waals surface area contributed by atoms with Crippen molar-refractivity contribution in [2.45, 2.75) is 32.1 Å². The average Bonchev–Trinajstić information content (AvgIpc) is 3.02. The van der Waals surface area contributed by atoms with E-state index in [1.54, 1.807) is 16.9 Å². The topological polar surface area (TPSA) is 36.3 Å². The Kier molecular flexibility index (Phi) is 4.33. The second-order valence-corrected chi connectivity index (χ2v) is 6.68. The average molecular weight is 415 g/mol. The minimum atomic E-state index is -3.11. The van der Waals surface area contributed by atoms with Gasteiger partial charge in [0.2, 0.25) is 0 Å². The van der Waals surface area contributed by atoms with Crippen molar-refractivity contribution in [2.24, 2.45) is 0 Å². The standard InChI is InChI=1S/C17H14BrF3N2O2/c18-15-10-8-22-23(13-3-1-2-6-24-13)12(10)7-9-4-5-11(19)16(14(9)15)25-17(20)21/h4-5,7-8,13,17H,1-3,6H2. The molecule has 25 heavy (non-hydrogen) atoms. The summed E-state index contributed by atoms with van der Waals surface area (Å²) in [5.74, 6) is -1.31. The fourth-order valence-electron chi connectivity index (χ4n) is 3.24. The van der Waals surface area contributed by atoms with Gasteiger partial charge in [-0.2, -0.15) is 13.9 Å². The lowest BCUT2D eigenvalue weighted by Gasteiger charge is -2.23. The number of rotatable bonds is 3. The summed E-state index contributed by atoms with van der Waals surface area (Å²) < 4.78 is 51.9. The first kappa shape index (κ1) is 16.7. The second-order valence-electron chi connectivity index (χ2n) is 5.89. The van der Waals surface area contributed by atoms with Crippen LogP contribution in [0.2, 0.25) is 0 Å². The normalized spacial score (nSPS) is 18.4. The molecule has 1 aromatic heterocycles. The molecule has 0 aliphatic carbocycles. The van der Waals surface area contributed by atoms with Gasteiger partial charge in [-0.1, -0.05) is 6.07 Å². The van der Waals surface area contributed by atoms with E-state index in [1.165, 1.54) is 6.07 Å². The van der Waals surface area contributed by atoms with E-state index in [-0.39, 0.29) is 11.6 Å². The van der Waals surface area contributed by atoms with E-state index < -0.39 is 18.2 Å². The van der Waals surface area contributed by atoms with Crippen LogP contribution in [0.15, 0.2) is 28.9 Å². The van der Waals surface area contributed by atoms with E-state index in [2.05, 4.69) is 25.8 Å². The Morgan fingerprint density at radius 1 is 1.32 bits per heavy atom. The molecule has 1 saturated heterocycles. The van der Waals surface area contributed by atoms with Crippen molar-refractivity contribution in [1.29, 1.82) is 0 Å². The number of nitrogens with zero attached hydrogens (tertiary/aromatic N) is 2. The van der Waals surface area contributed by atoms with Gasteiger partial charge in [-0.15, -0.1) is 0 Å².